The highest BCUT2D eigenvalue weighted by Crippen LogP contribution is 2.11. The number of nitrogens with zero attached hydrogens (tertiary/aromatic N) is 6. The average Bonchev–Trinajstić information content (AvgIpc) is 0.864. The lowest BCUT2D eigenvalue weighted by atomic mass is 10.0. The fourth-order valence-electron chi connectivity index (χ4n) is 9.50. The Balaban J connectivity index is 7.11. The number of rotatable bonds is 53. The average molecular weight is 1590 g/mol. The minimum Gasteiger partial charge on any atom is -0.480 e. The second-order valence-corrected chi connectivity index (χ2v) is 26.0. The summed E-state index contributed by atoms with van der Waals surface area (Å²) in [7, 11) is 0. The summed E-state index contributed by atoms with van der Waals surface area (Å²) >= 11 is 0. The minimum absolute atomic E-state index is 0.0168. The van der Waals surface area contributed by atoms with Gasteiger partial charge in [-0.25, -0.2) is 0 Å². The van der Waals surface area contributed by atoms with Crippen LogP contribution in [0.25, 0.3) is 0 Å². The monoisotopic (exact) mass is 1590 g/mol. The molecule has 0 aromatic carbocycles. The van der Waals surface area contributed by atoms with Crippen molar-refractivity contribution in [1.29, 1.82) is 0 Å². The van der Waals surface area contributed by atoms with Crippen molar-refractivity contribution in [2.24, 2.45) is 104 Å². The van der Waals surface area contributed by atoms with Crippen LogP contribution in [0, 0.1) is 0 Å². The highest BCUT2D eigenvalue weighted by Gasteiger charge is 2.36. The second kappa shape index (κ2) is 52.6. The van der Waals surface area contributed by atoms with Gasteiger partial charge < -0.3 is 154 Å². The van der Waals surface area contributed by atoms with Gasteiger partial charge in [0.05, 0.1) is 6.04 Å². The number of guanidine groups is 6. The van der Waals surface area contributed by atoms with Crippen LogP contribution in [0.5, 0.6) is 0 Å². The first kappa shape index (κ1) is 99.6. The molecule has 0 aromatic heterocycles. The van der Waals surface area contributed by atoms with Gasteiger partial charge in [-0.15, -0.1) is 0 Å². The Morgan fingerprint density at radius 2 is 0.357 bits per heavy atom. The molecule has 0 aliphatic heterocycles. The zero-order chi connectivity index (χ0) is 85.7. The van der Waals surface area contributed by atoms with Gasteiger partial charge in [-0.3, -0.25) is 102 Å². The molecule has 0 fully saturated rings. The molecule has 49 nitrogen and oxygen atoms in total. The molecular weight excluding hydrogens is 1470 g/mol. The predicted octanol–water partition coefficient (Wildman–Crippen LogP) is -13.3. The van der Waals surface area contributed by atoms with E-state index in [0.29, 0.717) is 0 Å². The Labute approximate surface area is 647 Å². The van der Waals surface area contributed by atoms with Gasteiger partial charge in [0, 0.05) is 39.3 Å². The van der Waals surface area contributed by atoms with E-state index in [0.717, 1.165) is 0 Å². The van der Waals surface area contributed by atoms with E-state index in [2.05, 4.69) is 104 Å². The number of aliphatic imine (C=N–C) groups is 6. The number of nitrogens with two attached hydrogens (primary N) is 13. The fourth-order valence-corrected chi connectivity index (χ4v) is 9.50. The van der Waals surface area contributed by atoms with E-state index in [1.807, 2.05) is 0 Å². The summed E-state index contributed by atoms with van der Waals surface area (Å²) in [4.78, 5) is 226. The second-order valence-electron chi connectivity index (χ2n) is 26.0. The van der Waals surface area contributed by atoms with E-state index in [9.17, 15) is 77.0 Å². The number of carbonyl (C=O) groups is 15. The van der Waals surface area contributed by atoms with Crippen molar-refractivity contribution < 1.29 is 77.0 Å². The van der Waals surface area contributed by atoms with Crippen molar-refractivity contribution in [3.05, 3.63) is 0 Å². The molecule has 0 aliphatic rings. The Hall–Kier alpha value is -12.4. The third kappa shape index (κ3) is 43.0. The lowest BCUT2D eigenvalue weighted by Gasteiger charge is -2.27. The number of hydrogen-bond donors (Lipinski definition) is 28. The number of amides is 14. The molecule has 0 aromatic rings. The van der Waals surface area contributed by atoms with E-state index in [1.165, 1.54) is 62.3 Å². The number of nitrogens with one attached hydrogen (secondary N) is 14. The van der Waals surface area contributed by atoms with Gasteiger partial charge in [0.15, 0.2) is 35.8 Å². The molecule has 112 heavy (non-hydrogen) atoms. The third-order valence-electron chi connectivity index (χ3n) is 15.9. The molecule has 0 spiro atoms. The summed E-state index contributed by atoms with van der Waals surface area (Å²) in [6.07, 6.45) is -0.820. The first-order valence-corrected chi connectivity index (χ1v) is 35.8. The summed E-state index contributed by atoms with van der Waals surface area (Å²) in [5.74, 6) is -15.7. The quantitative estimate of drug-likeness (QED) is 0.0153. The van der Waals surface area contributed by atoms with Crippen LogP contribution in [0.2, 0.25) is 0 Å². The van der Waals surface area contributed by atoms with E-state index < -0.39 is 179 Å². The van der Waals surface area contributed by atoms with Gasteiger partial charge in [0.2, 0.25) is 82.7 Å². The fraction of sp³-hybridized carbons (Fsp3) is 0.667. The Morgan fingerprint density at radius 1 is 0.223 bits per heavy atom. The van der Waals surface area contributed by atoms with Crippen LogP contribution in [0.4, 0.5) is 0 Å². The number of hydrogen-bond acceptors (Lipinski definition) is 22. The first-order valence-electron chi connectivity index (χ1n) is 35.8. The smallest absolute Gasteiger partial charge is 0.325 e. The van der Waals surface area contributed by atoms with Crippen molar-refractivity contribution in [1.82, 2.24) is 74.4 Å². The van der Waals surface area contributed by atoms with Crippen molar-refractivity contribution in [2.45, 2.75) is 230 Å². The van der Waals surface area contributed by atoms with Crippen LogP contribution in [0.3, 0.4) is 0 Å². The summed E-state index contributed by atoms with van der Waals surface area (Å²) in [6, 6.07) is -20.6. The molecule has 41 N–H and O–H groups in total. The molecule has 0 radical (unpaired) electrons. The summed E-state index contributed by atoms with van der Waals surface area (Å²) < 4.78 is 0. The Bertz CT molecular complexity index is 3370. The predicted molar refractivity (Wildman–Crippen MR) is 413 cm³/mol. The third-order valence-corrected chi connectivity index (χ3v) is 15.9. The van der Waals surface area contributed by atoms with Crippen molar-refractivity contribution in [3.63, 3.8) is 0 Å². The molecule has 0 saturated heterocycles. The van der Waals surface area contributed by atoms with Gasteiger partial charge in [-0.1, -0.05) is 0 Å². The van der Waals surface area contributed by atoms with Crippen LogP contribution < -0.4 is 149 Å². The van der Waals surface area contributed by atoms with Crippen LogP contribution in [-0.2, 0) is 71.9 Å². The molecule has 0 aliphatic carbocycles. The maximum absolute atomic E-state index is 14.5. The maximum Gasteiger partial charge on any atom is 0.325 e. The van der Waals surface area contributed by atoms with E-state index >= 15 is 0 Å². The summed E-state index contributed by atoms with van der Waals surface area (Å²) in [5, 5.41) is 43.8. The molecule has 49 heteroatoms. The van der Waals surface area contributed by atoms with Gasteiger partial charge in [0.25, 0.3) is 0 Å². The van der Waals surface area contributed by atoms with Gasteiger partial charge in [-0.05, 0) is 139 Å². The standard InChI is InChI=1S/C63H119N33O16/c1-28(64)43(97)83-29(2)44(98)85-33(6)48(102)91-37(16-10-22-77-58(65)66)51(105)87-32(5)46(100)86-34(7)49(103)92-40(19-13-25-80-61(71)72)54(108)94-39(18-12-24-79-60(69)70)53(107)89-35(8)50(104)93-41(20-14-26-81-62(73)74)55(109)96-42(21-15-27-82-63(75)76)56(110)95-38(17-11-23-78-59(67)68)52(106)88-31(4)45(99)84-30(3)47(101)90-36(9)57(111)112/h28-42H,10-27,64H2,1-9H3,(H,83,97)(H,84,99)(H,85,98)(H,86,100)(H,87,105)(H,88,106)(H,89,107)(H,90,101)(H,91,102)(H,92,103)(H,93,104)(H,94,108)(H,95,110)(H,96,109)(H,111,112)(H4,65,66,77)(H4,67,68,78)(H4,69,70,79)(H4,71,72,80)(H4,73,74,81)(H4,75,76,82)/t28-,29-,30-,31-,32-,33-,34-,35-,36-,37-,38-,39-,40-,41-,42-/m0/s1. The molecule has 0 bridgehead atoms. The van der Waals surface area contributed by atoms with E-state index in [-0.39, 0.29) is 152 Å². The molecule has 0 unspecified atom stereocenters. The molecule has 15 atom stereocenters. The van der Waals surface area contributed by atoms with Crippen molar-refractivity contribution >= 4 is 124 Å². The molecule has 0 saturated carbocycles. The SMILES string of the molecule is C[C@H](N)C(=O)N[C@@H](C)C(=O)N[C@@H](C)C(=O)N[C@@H](CCCN=C(N)N)C(=O)N[C@@H](C)C(=O)N[C@@H](C)C(=O)N[C@@H](CCCN=C(N)N)C(=O)N[C@@H](CCCN=C(N)N)C(=O)N[C@@H](C)C(=O)N[C@@H](CCCN=C(N)N)C(=O)N[C@@H](CCCN=C(N)N)C(=O)N[C@@H](CCCN=C(N)N)C(=O)N[C@@H](C)C(=O)N[C@@H](C)C(=O)N[C@@H](C)C(=O)O. The lowest BCUT2D eigenvalue weighted by molar-refractivity contribution is -0.141. The molecule has 0 rings (SSSR count). The van der Waals surface area contributed by atoms with Crippen molar-refractivity contribution in [3.8, 4) is 0 Å². The Morgan fingerprint density at radius 3 is 0.518 bits per heavy atom. The van der Waals surface area contributed by atoms with Gasteiger partial charge in [0.1, 0.15) is 84.6 Å². The first-order chi connectivity index (χ1) is 52.3. The molecule has 14 amide bonds. The largest absolute Gasteiger partial charge is 0.480 e. The maximum atomic E-state index is 14.5. The lowest BCUT2D eigenvalue weighted by Crippen LogP contribution is -2.60. The van der Waals surface area contributed by atoms with Crippen LogP contribution >= 0.6 is 0 Å². The number of aliphatic carboxylic acids is 1. The van der Waals surface area contributed by atoms with Crippen LogP contribution in [0.15, 0.2) is 30.0 Å². The normalized spacial score (nSPS) is 14.7. The number of carbonyl (C=O) groups excluding carboxylic acids is 14. The van der Waals surface area contributed by atoms with Crippen LogP contribution in [-0.4, -0.2) is 259 Å². The van der Waals surface area contributed by atoms with E-state index in [4.69, 9.17) is 74.5 Å². The van der Waals surface area contributed by atoms with Crippen molar-refractivity contribution in [2.75, 3.05) is 39.3 Å². The highest BCUT2D eigenvalue weighted by molar-refractivity contribution is 6.00. The van der Waals surface area contributed by atoms with Crippen LogP contribution in [0.1, 0.15) is 139 Å². The molecular formula is C63H119N33O16. The topological polar surface area (TPSA) is 857 Å². The van der Waals surface area contributed by atoms with E-state index in [1.54, 1.807) is 0 Å². The summed E-state index contributed by atoms with van der Waals surface area (Å²) in [5.41, 5.74) is 71.8. The zero-order valence-corrected chi connectivity index (χ0v) is 64.6. The number of carboxylic acids is 1. The highest BCUT2D eigenvalue weighted by atomic mass is 16.4. The van der Waals surface area contributed by atoms with Gasteiger partial charge >= 0.3 is 5.97 Å². The number of carboxylic acid groups (broad SMARTS) is 1. The summed E-state index contributed by atoms with van der Waals surface area (Å²) in [6.45, 7) is 11.3. The molecule has 0 heterocycles. The van der Waals surface area contributed by atoms with Gasteiger partial charge in [-0.2, -0.15) is 0 Å². The zero-order valence-electron chi connectivity index (χ0n) is 64.6. The molecule has 632 valence electrons. The minimum atomic E-state index is -1.54. The Kier molecular flexibility index (Phi) is 46.8.